The Morgan fingerprint density at radius 3 is 2.43 bits per heavy atom. The van der Waals surface area contributed by atoms with Crippen molar-refractivity contribution in [2.24, 2.45) is 34.0 Å². The zero-order chi connectivity index (χ0) is 30.7. The van der Waals surface area contributed by atoms with Crippen LogP contribution in [0, 0.1) is 34.0 Å². The molecule has 1 aromatic rings. The minimum absolute atomic E-state index is 0.0918. The first-order chi connectivity index (χ1) is 19.7. The Kier molecular flexibility index (Phi) is 8.04. The molecule has 0 radical (unpaired) electrons. The molecule has 0 spiro atoms. The van der Waals surface area contributed by atoms with E-state index in [0.29, 0.717) is 12.0 Å². The molecule has 7 nitrogen and oxygen atoms in total. The van der Waals surface area contributed by atoms with E-state index in [1.807, 2.05) is 37.3 Å². The Labute approximate surface area is 251 Å². The third-order valence-electron chi connectivity index (χ3n) is 12.3. The highest BCUT2D eigenvalue weighted by atomic mass is 16.5. The van der Waals surface area contributed by atoms with Gasteiger partial charge < -0.3 is 25.2 Å². The minimum atomic E-state index is -1.12. The minimum Gasteiger partial charge on any atom is -0.462 e. The van der Waals surface area contributed by atoms with Crippen molar-refractivity contribution in [1.29, 1.82) is 0 Å². The number of ether oxygens (including phenoxy) is 1. The lowest BCUT2D eigenvalue weighted by molar-refractivity contribution is -0.150. The number of carbonyl (C=O) groups excluding carboxylic acids is 2. The van der Waals surface area contributed by atoms with E-state index in [0.717, 1.165) is 25.7 Å². The van der Waals surface area contributed by atoms with Gasteiger partial charge in [-0.3, -0.25) is 9.59 Å². The number of allylic oxidation sites excluding steroid dienone is 1. The molecule has 7 heteroatoms. The third-order valence-corrected chi connectivity index (χ3v) is 12.3. The summed E-state index contributed by atoms with van der Waals surface area (Å²) in [7, 11) is 4.19. The lowest BCUT2D eigenvalue weighted by atomic mass is 9.51. The maximum Gasteiger partial charge on any atom is 0.302 e. The summed E-state index contributed by atoms with van der Waals surface area (Å²) in [5, 5.41) is 26.3. The summed E-state index contributed by atoms with van der Waals surface area (Å²) < 4.78 is 6.06. The van der Waals surface area contributed by atoms with E-state index in [9.17, 15) is 19.8 Å². The molecule has 0 unspecified atom stereocenters. The fourth-order valence-corrected chi connectivity index (χ4v) is 9.61. The molecule has 4 aliphatic carbocycles. The predicted octanol–water partition coefficient (Wildman–Crippen LogP) is 4.75. The standard InChI is InChI=1S/C35H50N2O5/c1-22(37(6)7)30-27(42-23(2)39)20-34(5)26-13-14-28-32(3,21-38)29(36-31(40)24-11-9-8-10-12-24)16-18-35(28,41)19-25(26)15-17-33(30,34)4/h8-12,15-16,18,22,26-30,38,41H,13-14,17,19-21H2,1-7H3,(H,36,40)/t22-,26+,27+,28-,29-,30-,32-,33+,34-,35-/m0/s1. The van der Waals surface area contributed by atoms with Gasteiger partial charge in [-0.15, -0.1) is 0 Å². The first-order valence-corrected chi connectivity index (χ1v) is 15.6. The van der Waals surface area contributed by atoms with Crippen LogP contribution in [0.25, 0.3) is 0 Å². The number of aliphatic hydroxyl groups excluding tert-OH is 1. The largest absolute Gasteiger partial charge is 0.462 e. The van der Waals surface area contributed by atoms with E-state index in [1.165, 1.54) is 12.5 Å². The average Bonchev–Trinajstić information content (AvgIpc) is 3.05. The molecule has 3 N–H and O–H groups in total. The number of aliphatic hydroxyl groups is 2. The Bertz CT molecular complexity index is 1260. The van der Waals surface area contributed by atoms with Gasteiger partial charge in [0.25, 0.3) is 5.91 Å². The van der Waals surface area contributed by atoms with Gasteiger partial charge >= 0.3 is 5.97 Å². The fraction of sp³-hybridized carbons (Fsp3) is 0.657. The molecule has 2 saturated carbocycles. The topological polar surface area (TPSA) is 99.1 Å². The zero-order valence-electron chi connectivity index (χ0n) is 26.4. The molecule has 0 aliphatic heterocycles. The van der Waals surface area contributed by atoms with E-state index < -0.39 is 17.1 Å². The van der Waals surface area contributed by atoms with E-state index in [-0.39, 0.29) is 59.2 Å². The molecule has 2 fully saturated rings. The van der Waals surface area contributed by atoms with Gasteiger partial charge in [0.15, 0.2) is 0 Å². The second kappa shape index (κ2) is 10.9. The average molecular weight is 579 g/mol. The number of rotatable bonds is 6. The zero-order valence-corrected chi connectivity index (χ0v) is 26.4. The number of fused-ring (bicyclic) bond motifs is 4. The smallest absolute Gasteiger partial charge is 0.302 e. The number of carbonyl (C=O) groups is 2. The fourth-order valence-electron chi connectivity index (χ4n) is 9.61. The molecule has 0 bridgehead atoms. The molecule has 0 aromatic heterocycles. The molecule has 1 amide bonds. The lowest BCUT2D eigenvalue weighted by Crippen LogP contribution is -2.59. The highest BCUT2D eigenvalue weighted by molar-refractivity contribution is 5.94. The summed E-state index contributed by atoms with van der Waals surface area (Å²) in [5.74, 6) is -0.273. The number of amides is 1. The van der Waals surface area contributed by atoms with Gasteiger partial charge in [0.2, 0.25) is 0 Å². The molecule has 1 aromatic carbocycles. The number of esters is 1. The third kappa shape index (κ3) is 4.76. The molecule has 10 atom stereocenters. The van der Waals surface area contributed by atoms with Gasteiger partial charge in [0, 0.05) is 42.2 Å². The van der Waals surface area contributed by atoms with E-state index in [2.05, 4.69) is 51.2 Å². The van der Waals surface area contributed by atoms with Crippen LogP contribution in [-0.4, -0.2) is 71.5 Å². The van der Waals surface area contributed by atoms with Crippen LogP contribution < -0.4 is 5.32 Å². The van der Waals surface area contributed by atoms with E-state index in [4.69, 9.17) is 4.74 Å². The van der Waals surface area contributed by atoms with Gasteiger partial charge in [0.1, 0.15) is 6.10 Å². The van der Waals surface area contributed by atoms with Gasteiger partial charge in [-0.2, -0.15) is 0 Å². The predicted molar refractivity (Wildman–Crippen MR) is 164 cm³/mol. The molecule has 0 saturated heterocycles. The quantitative estimate of drug-likeness (QED) is 0.333. The maximum atomic E-state index is 13.1. The van der Waals surface area contributed by atoms with Crippen LogP contribution in [0.15, 0.2) is 54.1 Å². The Balaban J connectivity index is 1.48. The summed E-state index contributed by atoms with van der Waals surface area (Å²) >= 11 is 0. The second-order valence-electron chi connectivity index (χ2n) is 14.6. The van der Waals surface area contributed by atoms with Gasteiger partial charge in [-0.1, -0.05) is 62.8 Å². The van der Waals surface area contributed by atoms with Crippen molar-refractivity contribution >= 4 is 11.9 Å². The van der Waals surface area contributed by atoms with Gasteiger partial charge in [0.05, 0.1) is 18.2 Å². The first-order valence-electron chi connectivity index (χ1n) is 15.6. The molecule has 4 aliphatic rings. The van der Waals surface area contributed by atoms with Crippen molar-refractivity contribution in [2.75, 3.05) is 20.7 Å². The number of hydrogen-bond acceptors (Lipinski definition) is 6. The van der Waals surface area contributed by atoms with Crippen molar-refractivity contribution in [3.8, 4) is 0 Å². The van der Waals surface area contributed by atoms with Crippen molar-refractivity contribution in [1.82, 2.24) is 10.2 Å². The van der Waals surface area contributed by atoms with Crippen LogP contribution in [0.2, 0.25) is 0 Å². The highest BCUT2D eigenvalue weighted by Crippen LogP contribution is 2.69. The van der Waals surface area contributed by atoms with Crippen LogP contribution in [0.3, 0.4) is 0 Å². The normalized spacial score (nSPS) is 41.6. The molecule has 230 valence electrons. The number of nitrogens with one attached hydrogen (secondary N) is 1. The van der Waals surface area contributed by atoms with Crippen LogP contribution >= 0.6 is 0 Å². The molecule has 42 heavy (non-hydrogen) atoms. The SMILES string of the molecule is CC(=O)O[C@@H]1C[C@@]2(C)[C@@H]3CC[C@H]4[C@](C)(CO)[C@@H](NC(=O)c5ccccc5)C=C[C@]4(O)CC3=CC[C@]2(C)[C@H]1[C@H](C)N(C)C. The van der Waals surface area contributed by atoms with Crippen molar-refractivity contribution < 1.29 is 24.5 Å². The summed E-state index contributed by atoms with van der Waals surface area (Å²) in [6.07, 6.45) is 9.72. The highest BCUT2D eigenvalue weighted by Gasteiger charge is 2.66. The Morgan fingerprint density at radius 2 is 1.81 bits per heavy atom. The van der Waals surface area contributed by atoms with Crippen LogP contribution in [0.5, 0.6) is 0 Å². The van der Waals surface area contributed by atoms with Gasteiger partial charge in [-0.25, -0.2) is 0 Å². The summed E-state index contributed by atoms with van der Waals surface area (Å²) in [6.45, 7) is 10.4. The van der Waals surface area contributed by atoms with Crippen molar-refractivity contribution in [3.63, 3.8) is 0 Å². The lowest BCUT2D eigenvalue weighted by Gasteiger charge is -2.54. The van der Waals surface area contributed by atoms with Crippen LogP contribution in [-0.2, 0) is 9.53 Å². The van der Waals surface area contributed by atoms with Gasteiger partial charge in [-0.05, 0) is 75.6 Å². The summed E-state index contributed by atoms with van der Waals surface area (Å²) in [6, 6.07) is 8.92. The van der Waals surface area contributed by atoms with E-state index in [1.54, 1.807) is 12.1 Å². The molecular weight excluding hydrogens is 528 g/mol. The number of hydrogen-bond donors (Lipinski definition) is 3. The van der Waals surface area contributed by atoms with Crippen molar-refractivity contribution in [2.45, 2.75) is 90.5 Å². The number of nitrogens with zero attached hydrogens (tertiary/aromatic N) is 1. The Morgan fingerprint density at radius 1 is 1.12 bits per heavy atom. The number of benzene rings is 1. The summed E-state index contributed by atoms with van der Waals surface area (Å²) in [5.41, 5.74) is -0.246. The van der Waals surface area contributed by atoms with Crippen LogP contribution in [0.1, 0.15) is 77.1 Å². The first kappa shape index (κ1) is 31.0. The molecule has 5 rings (SSSR count). The Hall–Kier alpha value is -2.48. The monoisotopic (exact) mass is 578 g/mol. The summed E-state index contributed by atoms with van der Waals surface area (Å²) in [4.78, 5) is 27.6. The molecule has 0 heterocycles. The van der Waals surface area contributed by atoms with E-state index >= 15 is 0 Å². The van der Waals surface area contributed by atoms with Crippen molar-refractivity contribution in [3.05, 3.63) is 59.7 Å². The maximum absolute atomic E-state index is 13.1. The van der Waals surface area contributed by atoms with Crippen LogP contribution in [0.4, 0.5) is 0 Å². The second-order valence-corrected chi connectivity index (χ2v) is 14.6. The molecular formula is C35H50N2O5.